The summed E-state index contributed by atoms with van der Waals surface area (Å²) in [6.07, 6.45) is 4.10. The van der Waals surface area contributed by atoms with Crippen molar-refractivity contribution in [3.63, 3.8) is 0 Å². The van der Waals surface area contributed by atoms with Crippen LogP contribution in [0.15, 0.2) is 0 Å². The van der Waals surface area contributed by atoms with Crippen LogP contribution in [0.1, 0.15) is 42.1 Å². The lowest BCUT2D eigenvalue weighted by Crippen LogP contribution is -2.11. The van der Waals surface area contributed by atoms with E-state index in [1.54, 1.807) is 0 Å². The Hall–Kier alpha value is -1.30. The van der Waals surface area contributed by atoms with E-state index in [9.17, 15) is 0 Å². The standard InChI is InChI=1S/C11H15N3/c1-8-11-9(6-7-12)4-3-5-10(11)14(2)13-8/h9H,3-6H2,1-2H3. The molecule has 0 radical (unpaired) electrons. The zero-order valence-corrected chi connectivity index (χ0v) is 8.75. The van der Waals surface area contributed by atoms with E-state index in [2.05, 4.69) is 18.1 Å². The second-order valence-corrected chi connectivity index (χ2v) is 4.02. The monoisotopic (exact) mass is 189 g/mol. The summed E-state index contributed by atoms with van der Waals surface area (Å²) in [5.74, 6) is 0.428. The Morgan fingerprint density at radius 2 is 2.43 bits per heavy atom. The predicted octanol–water partition coefficient (Wildman–Crippen LogP) is 2.06. The fourth-order valence-electron chi connectivity index (χ4n) is 2.52. The van der Waals surface area contributed by atoms with Crippen molar-refractivity contribution in [1.29, 1.82) is 5.26 Å². The van der Waals surface area contributed by atoms with Crippen LogP contribution in [0.2, 0.25) is 0 Å². The lowest BCUT2D eigenvalue weighted by molar-refractivity contribution is 0.541. The van der Waals surface area contributed by atoms with E-state index in [0.29, 0.717) is 12.3 Å². The van der Waals surface area contributed by atoms with Crippen molar-refractivity contribution in [3.8, 4) is 6.07 Å². The van der Waals surface area contributed by atoms with Gasteiger partial charge in [0, 0.05) is 30.6 Å². The van der Waals surface area contributed by atoms with Crippen LogP contribution < -0.4 is 0 Å². The lowest BCUT2D eigenvalue weighted by Gasteiger charge is -2.20. The van der Waals surface area contributed by atoms with Crippen LogP contribution in [0, 0.1) is 18.3 Å². The van der Waals surface area contributed by atoms with E-state index in [4.69, 9.17) is 5.26 Å². The van der Waals surface area contributed by atoms with E-state index < -0.39 is 0 Å². The summed E-state index contributed by atoms with van der Waals surface area (Å²) >= 11 is 0. The second-order valence-electron chi connectivity index (χ2n) is 4.02. The number of hydrogen-bond acceptors (Lipinski definition) is 2. The highest BCUT2D eigenvalue weighted by molar-refractivity contribution is 5.32. The minimum Gasteiger partial charge on any atom is -0.272 e. The average molecular weight is 189 g/mol. The van der Waals surface area contributed by atoms with Gasteiger partial charge in [-0.05, 0) is 26.2 Å². The van der Waals surface area contributed by atoms with Gasteiger partial charge >= 0.3 is 0 Å². The van der Waals surface area contributed by atoms with Gasteiger partial charge in [-0.1, -0.05) is 0 Å². The summed E-state index contributed by atoms with van der Waals surface area (Å²) in [5.41, 5.74) is 3.80. The van der Waals surface area contributed by atoms with Gasteiger partial charge in [0.2, 0.25) is 0 Å². The molecule has 0 amide bonds. The molecule has 74 valence electrons. The maximum Gasteiger partial charge on any atom is 0.0631 e. The van der Waals surface area contributed by atoms with Gasteiger partial charge in [-0.2, -0.15) is 10.4 Å². The van der Waals surface area contributed by atoms with E-state index in [1.807, 2.05) is 11.7 Å². The molecule has 0 fully saturated rings. The molecule has 3 heteroatoms. The molecule has 0 bridgehead atoms. The van der Waals surface area contributed by atoms with Gasteiger partial charge in [0.15, 0.2) is 0 Å². The fraction of sp³-hybridized carbons (Fsp3) is 0.636. The average Bonchev–Trinajstić information content (AvgIpc) is 2.44. The molecule has 0 saturated carbocycles. The largest absolute Gasteiger partial charge is 0.272 e. The van der Waals surface area contributed by atoms with Crippen molar-refractivity contribution in [2.45, 2.75) is 38.5 Å². The van der Waals surface area contributed by atoms with Crippen LogP contribution in [0.5, 0.6) is 0 Å². The van der Waals surface area contributed by atoms with Gasteiger partial charge in [-0.15, -0.1) is 0 Å². The maximum atomic E-state index is 8.76. The number of rotatable bonds is 1. The number of hydrogen-bond donors (Lipinski definition) is 0. The molecule has 1 unspecified atom stereocenters. The van der Waals surface area contributed by atoms with Crippen LogP contribution >= 0.6 is 0 Å². The van der Waals surface area contributed by atoms with Gasteiger partial charge in [0.1, 0.15) is 0 Å². The first kappa shape index (κ1) is 9.26. The zero-order valence-electron chi connectivity index (χ0n) is 8.75. The first-order valence-corrected chi connectivity index (χ1v) is 5.13. The van der Waals surface area contributed by atoms with Crippen LogP contribution in [-0.2, 0) is 13.5 Å². The molecule has 1 heterocycles. The SMILES string of the molecule is Cc1nn(C)c2c1C(CC#N)CCC2. The summed E-state index contributed by atoms with van der Waals surface area (Å²) < 4.78 is 1.98. The Labute approximate surface area is 84.3 Å². The minimum atomic E-state index is 0.428. The normalized spacial score (nSPS) is 20.2. The van der Waals surface area contributed by atoms with Crippen molar-refractivity contribution in [2.75, 3.05) is 0 Å². The van der Waals surface area contributed by atoms with Gasteiger partial charge in [-0.25, -0.2) is 0 Å². The second kappa shape index (κ2) is 3.45. The summed E-state index contributed by atoms with van der Waals surface area (Å²) in [6.45, 7) is 2.05. The third-order valence-electron chi connectivity index (χ3n) is 3.10. The van der Waals surface area contributed by atoms with Crippen molar-refractivity contribution in [2.24, 2.45) is 7.05 Å². The third-order valence-corrected chi connectivity index (χ3v) is 3.10. The van der Waals surface area contributed by atoms with Gasteiger partial charge in [-0.3, -0.25) is 4.68 Å². The maximum absolute atomic E-state index is 8.76. The lowest BCUT2D eigenvalue weighted by atomic mass is 9.84. The smallest absolute Gasteiger partial charge is 0.0631 e. The quantitative estimate of drug-likeness (QED) is 0.678. The first-order chi connectivity index (χ1) is 6.74. The molecular formula is C11H15N3. The highest BCUT2D eigenvalue weighted by atomic mass is 15.3. The number of nitrogens with zero attached hydrogens (tertiary/aromatic N) is 3. The van der Waals surface area contributed by atoms with Gasteiger partial charge in [0.05, 0.1) is 11.8 Å². The minimum absolute atomic E-state index is 0.428. The Morgan fingerprint density at radius 3 is 3.14 bits per heavy atom. The summed E-state index contributed by atoms with van der Waals surface area (Å²) in [4.78, 5) is 0. The third kappa shape index (κ3) is 1.31. The van der Waals surface area contributed by atoms with Crippen molar-refractivity contribution < 1.29 is 0 Å². The van der Waals surface area contributed by atoms with Crippen LogP contribution in [0.3, 0.4) is 0 Å². The number of nitriles is 1. The summed E-state index contributed by atoms with van der Waals surface area (Å²) in [6, 6.07) is 2.28. The van der Waals surface area contributed by atoms with Crippen LogP contribution in [-0.4, -0.2) is 9.78 Å². The molecule has 0 saturated heterocycles. The van der Waals surface area contributed by atoms with E-state index in [1.165, 1.54) is 17.7 Å². The highest BCUT2D eigenvalue weighted by Gasteiger charge is 2.25. The molecule has 1 atom stereocenters. The molecule has 14 heavy (non-hydrogen) atoms. The molecule has 0 spiro atoms. The first-order valence-electron chi connectivity index (χ1n) is 5.13. The topological polar surface area (TPSA) is 41.6 Å². The molecule has 1 aliphatic rings. The summed E-state index contributed by atoms with van der Waals surface area (Å²) in [7, 11) is 2.00. The number of aromatic nitrogens is 2. The van der Waals surface area contributed by atoms with Crippen LogP contribution in [0.25, 0.3) is 0 Å². The molecule has 0 aliphatic heterocycles. The van der Waals surface area contributed by atoms with E-state index in [-0.39, 0.29) is 0 Å². The Bertz CT molecular complexity index is 384. The fourth-order valence-corrected chi connectivity index (χ4v) is 2.52. The molecule has 0 N–H and O–H groups in total. The molecule has 1 aliphatic carbocycles. The Morgan fingerprint density at radius 1 is 1.64 bits per heavy atom. The predicted molar refractivity (Wildman–Crippen MR) is 53.9 cm³/mol. The zero-order chi connectivity index (χ0) is 10.1. The number of aryl methyl sites for hydroxylation is 2. The Balaban J connectivity index is 2.43. The van der Waals surface area contributed by atoms with Crippen molar-refractivity contribution >= 4 is 0 Å². The van der Waals surface area contributed by atoms with Gasteiger partial charge < -0.3 is 0 Å². The highest BCUT2D eigenvalue weighted by Crippen LogP contribution is 2.35. The molecule has 1 aromatic heterocycles. The van der Waals surface area contributed by atoms with Crippen molar-refractivity contribution in [1.82, 2.24) is 9.78 Å². The molecule has 0 aromatic carbocycles. The van der Waals surface area contributed by atoms with Crippen molar-refractivity contribution in [3.05, 3.63) is 17.0 Å². The summed E-state index contributed by atoms with van der Waals surface area (Å²) in [5, 5.41) is 13.2. The van der Waals surface area contributed by atoms with Gasteiger partial charge in [0.25, 0.3) is 0 Å². The number of fused-ring (bicyclic) bond motifs is 1. The molecule has 2 rings (SSSR count). The molecule has 3 nitrogen and oxygen atoms in total. The van der Waals surface area contributed by atoms with E-state index in [0.717, 1.165) is 18.5 Å². The molecule has 1 aromatic rings. The van der Waals surface area contributed by atoms with Crippen LogP contribution in [0.4, 0.5) is 0 Å². The van der Waals surface area contributed by atoms with E-state index >= 15 is 0 Å². The molecular weight excluding hydrogens is 174 g/mol. The Kier molecular flexibility index (Phi) is 2.28.